The number of nitrogens with one attached hydrogen (secondary N) is 2. The molecule has 2 amide bonds. The first-order valence-electron chi connectivity index (χ1n) is 11.0. The SMILES string of the molecule is CCC(CNC)c1ccc2c(c1)N(C(=O)Oc1ccc3c(c1)SCN3)CC(C)N2C(C)=O. The summed E-state index contributed by atoms with van der Waals surface area (Å²) in [6.07, 6.45) is 0.536. The van der Waals surface area contributed by atoms with Crippen molar-refractivity contribution in [3.63, 3.8) is 0 Å². The number of benzene rings is 2. The van der Waals surface area contributed by atoms with E-state index in [1.165, 1.54) is 0 Å². The molecule has 2 aromatic rings. The second-order valence-electron chi connectivity index (χ2n) is 8.25. The fourth-order valence-corrected chi connectivity index (χ4v) is 5.35. The molecule has 2 N–H and O–H groups in total. The molecule has 2 atom stereocenters. The quantitative estimate of drug-likeness (QED) is 0.686. The highest BCUT2D eigenvalue weighted by Crippen LogP contribution is 2.40. The van der Waals surface area contributed by atoms with Crippen molar-refractivity contribution in [1.82, 2.24) is 5.32 Å². The van der Waals surface area contributed by atoms with E-state index < -0.39 is 6.09 Å². The van der Waals surface area contributed by atoms with Gasteiger partial charge in [0.1, 0.15) is 5.75 Å². The number of amides is 2. The summed E-state index contributed by atoms with van der Waals surface area (Å²) in [5, 5.41) is 6.52. The van der Waals surface area contributed by atoms with Crippen molar-refractivity contribution in [2.24, 2.45) is 0 Å². The zero-order valence-corrected chi connectivity index (χ0v) is 19.8. The van der Waals surface area contributed by atoms with Crippen LogP contribution >= 0.6 is 11.8 Å². The number of hydrogen-bond acceptors (Lipinski definition) is 6. The number of rotatable bonds is 5. The fraction of sp³-hybridized carbons (Fsp3) is 0.417. The lowest BCUT2D eigenvalue weighted by atomic mass is 9.94. The number of carbonyl (C=O) groups excluding carboxylic acids is 2. The van der Waals surface area contributed by atoms with Crippen molar-refractivity contribution in [3.8, 4) is 5.75 Å². The van der Waals surface area contributed by atoms with E-state index in [1.807, 2.05) is 44.3 Å². The van der Waals surface area contributed by atoms with Gasteiger partial charge in [0.25, 0.3) is 0 Å². The van der Waals surface area contributed by atoms with Gasteiger partial charge in [-0.25, -0.2) is 4.79 Å². The molecule has 170 valence electrons. The van der Waals surface area contributed by atoms with Crippen LogP contribution in [0.15, 0.2) is 41.3 Å². The van der Waals surface area contributed by atoms with Crippen LogP contribution in [0.2, 0.25) is 0 Å². The molecule has 0 aliphatic carbocycles. The van der Waals surface area contributed by atoms with Gasteiger partial charge in [0, 0.05) is 30.6 Å². The first-order valence-corrected chi connectivity index (χ1v) is 12.0. The molecule has 2 unspecified atom stereocenters. The molecule has 7 nitrogen and oxygen atoms in total. The third-order valence-corrected chi connectivity index (χ3v) is 7.00. The van der Waals surface area contributed by atoms with Crippen LogP contribution in [-0.4, -0.2) is 44.1 Å². The molecule has 2 aliphatic heterocycles. The zero-order chi connectivity index (χ0) is 22.8. The number of nitrogens with zero attached hydrogens (tertiary/aromatic N) is 2. The molecule has 2 heterocycles. The molecule has 32 heavy (non-hydrogen) atoms. The summed E-state index contributed by atoms with van der Waals surface area (Å²) in [5.41, 5.74) is 3.65. The van der Waals surface area contributed by atoms with E-state index in [0.29, 0.717) is 23.9 Å². The van der Waals surface area contributed by atoms with Crippen molar-refractivity contribution < 1.29 is 14.3 Å². The van der Waals surface area contributed by atoms with E-state index in [4.69, 9.17) is 4.74 Å². The van der Waals surface area contributed by atoms with Gasteiger partial charge in [0.15, 0.2) is 0 Å². The average molecular weight is 455 g/mol. The fourth-order valence-electron chi connectivity index (χ4n) is 4.47. The summed E-state index contributed by atoms with van der Waals surface area (Å²) in [7, 11) is 1.94. The molecule has 0 aromatic heterocycles. The minimum absolute atomic E-state index is 0.0371. The number of hydrogen-bond donors (Lipinski definition) is 2. The normalized spacial score (nSPS) is 17.9. The number of likely N-dealkylation sites (N-methyl/N-ethyl adjacent to an activating group) is 1. The van der Waals surface area contributed by atoms with Crippen molar-refractivity contribution in [2.75, 3.05) is 41.1 Å². The number of anilines is 3. The van der Waals surface area contributed by atoms with Gasteiger partial charge in [-0.05, 0) is 62.2 Å². The Morgan fingerprint density at radius 3 is 2.78 bits per heavy atom. The minimum atomic E-state index is -0.434. The Labute approximate surface area is 193 Å². The van der Waals surface area contributed by atoms with E-state index in [-0.39, 0.29) is 11.9 Å². The Kier molecular flexibility index (Phi) is 6.62. The van der Waals surface area contributed by atoms with Gasteiger partial charge >= 0.3 is 6.09 Å². The predicted molar refractivity (Wildman–Crippen MR) is 130 cm³/mol. The van der Waals surface area contributed by atoms with Gasteiger partial charge in [0.05, 0.1) is 23.3 Å². The van der Waals surface area contributed by atoms with E-state index >= 15 is 0 Å². The van der Waals surface area contributed by atoms with Crippen molar-refractivity contribution in [2.45, 2.75) is 44.0 Å². The largest absolute Gasteiger partial charge is 0.419 e. The summed E-state index contributed by atoms with van der Waals surface area (Å²) < 4.78 is 5.78. The smallest absolute Gasteiger partial charge is 0.410 e. The summed E-state index contributed by atoms with van der Waals surface area (Å²) in [6.45, 7) is 6.88. The summed E-state index contributed by atoms with van der Waals surface area (Å²) in [6, 6.07) is 11.5. The molecule has 2 aromatic carbocycles. The van der Waals surface area contributed by atoms with Gasteiger partial charge in [-0.2, -0.15) is 0 Å². The van der Waals surface area contributed by atoms with Crippen molar-refractivity contribution >= 4 is 40.8 Å². The molecule has 0 fully saturated rings. The van der Waals surface area contributed by atoms with Gasteiger partial charge < -0.3 is 20.3 Å². The molecule has 0 spiro atoms. The van der Waals surface area contributed by atoms with Crippen LogP contribution in [0.3, 0.4) is 0 Å². The van der Waals surface area contributed by atoms with E-state index in [9.17, 15) is 9.59 Å². The summed E-state index contributed by atoms with van der Waals surface area (Å²) in [5.74, 6) is 1.61. The van der Waals surface area contributed by atoms with Crippen LogP contribution < -0.4 is 25.2 Å². The van der Waals surface area contributed by atoms with Crippen LogP contribution in [0.5, 0.6) is 5.75 Å². The van der Waals surface area contributed by atoms with Crippen LogP contribution in [0.25, 0.3) is 0 Å². The van der Waals surface area contributed by atoms with Gasteiger partial charge in [-0.1, -0.05) is 13.0 Å². The van der Waals surface area contributed by atoms with Crippen LogP contribution in [-0.2, 0) is 4.79 Å². The number of ether oxygens (including phenoxy) is 1. The molecular weight excluding hydrogens is 424 g/mol. The summed E-state index contributed by atoms with van der Waals surface area (Å²) >= 11 is 1.68. The highest BCUT2D eigenvalue weighted by atomic mass is 32.2. The highest BCUT2D eigenvalue weighted by Gasteiger charge is 2.35. The molecule has 0 saturated carbocycles. The van der Waals surface area contributed by atoms with Crippen molar-refractivity contribution in [1.29, 1.82) is 0 Å². The topological polar surface area (TPSA) is 73.9 Å². The molecule has 0 radical (unpaired) electrons. The molecule has 4 rings (SSSR count). The summed E-state index contributed by atoms with van der Waals surface area (Å²) in [4.78, 5) is 30.2. The van der Waals surface area contributed by atoms with E-state index in [2.05, 4.69) is 23.6 Å². The third kappa shape index (κ3) is 4.29. The van der Waals surface area contributed by atoms with Gasteiger partial charge in [-0.15, -0.1) is 11.8 Å². The first kappa shape index (κ1) is 22.5. The Bertz CT molecular complexity index is 1030. The number of thioether (sulfide) groups is 1. The second kappa shape index (κ2) is 9.42. The lowest BCUT2D eigenvalue weighted by Crippen LogP contribution is -2.52. The van der Waals surface area contributed by atoms with Crippen LogP contribution in [0.4, 0.5) is 21.9 Å². The molecule has 0 bridgehead atoms. The van der Waals surface area contributed by atoms with E-state index in [0.717, 1.165) is 40.7 Å². The Morgan fingerprint density at radius 2 is 2.06 bits per heavy atom. The maximum atomic E-state index is 13.3. The van der Waals surface area contributed by atoms with Gasteiger partial charge in [-0.3, -0.25) is 9.69 Å². The average Bonchev–Trinajstić information content (AvgIpc) is 3.24. The zero-order valence-electron chi connectivity index (χ0n) is 19.0. The molecule has 2 aliphatic rings. The predicted octanol–water partition coefficient (Wildman–Crippen LogP) is 4.64. The highest BCUT2D eigenvalue weighted by molar-refractivity contribution is 7.99. The standard InChI is InChI=1S/C24H30N4O3S/c1-5-17(12-25-4)18-6-9-21-22(10-18)27(13-15(2)28(21)16(3)29)24(30)31-19-7-8-20-23(11-19)32-14-26-20/h6-11,15,17,25-26H,5,12-14H2,1-4H3. The minimum Gasteiger partial charge on any atom is -0.410 e. The monoisotopic (exact) mass is 454 g/mol. The first-order chi connectivity index (χ1) is 15.4. The molecular formula is C24H30N4O3S. The lowest BCUT2D eigenvalue weighted by molar-refractivity contribution is -0.117. The maximum absolute atomic E-state index is 13.3. The van der Waals surface area contributed by atoms with Crippen LogP contribution in [0, 0.1) is 0 Å². The second-order valence-corrected chi connectivity index (χ2v) is 9.27. The lowest BCUT2D eigenvalue weighted by Gasteiger charge is -2.40. The number of carbonyl (C=O) groups is 2. The maximum Gasteiger partial charge on any atom is 0.419 e. The molecule has 0 saturated heterocycles. The van der Waals surface area contributed by atoms with Crippen LogP contribution in [0.1, 0.15) is 38.7 Å². The Morgan fingerprint density at radius 1 is 1.25 bits per heavy atom. The van der Waals surface area contributed by atoms with E-state index in [1.54, 1.807) is 28.5 Å². The Hall–Kier alpha value is -2.71. The third-order valence-electron chi connectivity index (χ3n) is 6.06. The van der Waals surface area contributed by atoms with Gasteiger partial charge in [0.2, 0.25) is 5.91 Å². The molecule has 8 heteroatoms. The van der Waals surface area contributed by atoms with Crippen molar-refractivity contribution in [3.05, 3.63) is 42.0 Å². The Balaban J connectivity index is 1.68. The number of fused-ring (bicyclic) bond motifs is 2.